The van der Waals surface area contributed by atoms with E-state index >= 15 is 0 Å². The van der Waals surface area contributed by atoms with Gasteiger partial charge in [0.2, 0.25) is 5.95 Å². The van der Waals surface area contributed by atoms with Crippen molar-refractivity contribution in [2.45, 2.75) is 33.4 Å². The number of anilines is 2. The lowest BCUT2D eigenvalue weighted by molar-refractivity contribution is 0.487. The van der Waals surface area contributed by atoms with Crippen LogP contribution in [-0.2, 0) is 20.1 Å². The number of hydrogen-bond acceptors (Lipinski definition) is 4. The predicted octanol–water partition coefficient (Wildman–Crippen LogP) is 2.09. The highest BCUT2D eigenvalue weighted by molar-refractivity contribution is 5.77. The number of imidazole rings is 1. The van der Waals surface area contributed by atoms with Crippen LogP contribution in [0.2, 0.25) is 0 Å². The minimum Gasteiger partial charge on any atom is -0.310 e. The standard InChI is InChI=1S/C19H23N5O2/c1-13(2)9-10-24-17(25)15-16(21(3)19(24)26)20-18-22(11-12-23(15)18)14-7-5-4-6-8-14/h4-8,13H,9-12H2,1-3H3. The van der Waals surface area contributed by atoms with Crippen molar-refractivity contribution in [1.82, 2.24) is 18.7 Å². The first-order valence-corrected chi connectivity index (χ1v) is 9.01. The number of benzene rings is 1. The Morgan fingerprint density at radius 3 is 2.54 bits per heavy atom. The quantitative estimate of drug-likeness (QED) is 0.720. The van der Waals surface area contributed by atoms with Gasteiger partial charge in [-0.2, -0.15) is 4.98 Å². The molecule has 7 heteroatoms. The van der Waals surface area contributed by atoms with E-state index in [4.69, 9.17) is 0 Å². The van der Waals surface area contributed by atoms with Crippen LogP contribution in [0.4, 0.5) is 11.6 Å². The van der Waals surface area contributed by atoms with E-state index < -0.39 is 0 Å². The summed E-state index contributed by atoms with van der Waals surface area (Å²) in [4.78, 5) is 32.4. The molecule has 0 N–H and O–H groups in total. The van der Waals surface area contributed by atoms with Gasteiger partial charge in [0.25, 0.3) is 5.56 Å². The summed E-state index contributed by atoms with van der Waals surface area (Å²) in [5.74, 6) is 1.15. The molecule has 3 heterocycles. The molecule has 26 heavy (non-hydrogen) atoms. The van der Waals surface area contributed by atoms with Crippen molar-refractivity contribution in [3.8, 4) is 0 Å². The van der Waals surface area contributed by atoms with Gasteiger partial charge in [0.1, 0.15) is 0 Å². The number of hydrogen-bond donors (Lipinski definition) is 0. The monoisotopic (exact) mass is 353 g/mol. The minimum atomic E-state index is -0.300. The molecule has 3 aromatic rings. The molecule has 0 spiro atoms. The van der Waals surface area contributed by atoms with Crippen molar-refractivity contribution >= 4 is 22.8 Å². The zero-order chi connectivity index (χ0) is 18.4. The average Bonchev–Trinajstić information content (AvgIpc) is 3.19. The second kappa shape index (κ2) is 6.16. The summed E-state index contributed by atoms with van der Waals surface area (Å²) in [6.45, 7) is 6.04. The molecule has 0 aliphatic carbocycles. The van der Waals surface area contributed by atoms with Gasteiger partial charge in [-0.15, -0.1) is 0 Å². The van der Waals surface area contributed by atoms with Crippen molar-refractivity contribution in [3.05, 3.63) is 51.2 Å². The Balaban J connectivity index is 1.90. The molecule has 4 rings (SSSR count). The van der Waals surface area contributed by atoms with Gasteiger partial charge < -0.3 is 9.47 Å². The van der Waals surface area contributed by atoms with Gasteiger partial charge in [-0.25, -0.2) is 4.79 Å². The van der Waals surface area contributed by atoms with Gasteiger partial charge in [-0.05, 0) is 24.5 Å². The number of aryl methyl sites for hydroxylation is 1. The lowest BCUT2D eigenvalue weighted by Gasteiger charge is -2.15. The van der Waals surface area contributed by atoms with Crippen LogP contribution >= 0.6 is 0 Å². The molecule has 0 unspecified atom stereocenters. The lowest BCUT2D eigenvalue weighted by atomic mass is 10.1. The largest absolute Gasteiger partial charge is 0.332 e. The third-order valence-electron chi connectivity index (χ3n) is 5.00. The van der Waals surface area contributed by atoms with Gasteiger partial charge in [0, 0.05) is 32.4 Å². The summed E-state index contributed by atoms with van der Waals surface area (Å²) in [6.07, 6.45) is 0.789. The fraction of sp³-hybridized carbons (Fsp3) is 0.421. The van der Waals surface area contributed by atoms with Crippen LogP contribution in [0.25, 0.3) is 11.2 Å². The van der Waals surface area contributed by atoms with Crippen molar-refractivity contribution in [3.63, 3.8) is 0 Å². The molecule has 1 aliphatic rings. The number of fused-ring (bicyclic) bond motifs is 3. The maximum atomic E-state index is 13.0. The number of nitrogens with zero attached hydrogens (tertiary/aromatic N) is 5. The maximum Gasteiger partial charge on any atom is 0.332 e. The van der Waals surface area contributed by atoms with E-state index in [1.165, 1.54) is 9.13 Å². The number of aromatic nitrogens is 4. The summed E-state index contributed by atoms with van der Waals surface area (Å²) in [7, 11) is 1.69. The Morgan fingerprint density at radius 1 is 1.12 bits per heavy atom. The molecular formula is C19H23N5O2. The van der Waals surface area contributed by atoms with Crippen LogP contribution in [0.1, 0.15) is 20.3 Å². The van der Waals surface area contributed by atoms with E-state index in [9.17, 15) is 9.59 Å². The number of para-hydroxylation sites is 1. The van der Waals surface area contributed by atoms with Crippen molar-refractivity contribution in [2.75, 3.05) is 11.4 Å². The van der Waals surface area contributed by atoms with E-state index in [-0.39, 0.29) is 11.2 Å². The Kier molecular flexibility index (Phi) is 3.94. The molecule has 0 atom stereocenters. The molecule has 0 saturated carbocycles. The summed E-state index contributed by atoms with van der Waals surface area (Å²) >= 11 is 0. The molecule has 7 nitrogen and oxygen atoms in total. The summed E-state index contributed by atoms with van der Waals surface area (Å²) in [6, 6.07) is 9.98. The zero-order valence-electron chi connectivity index (χ0n) is 15.3. The van der Waals surface area contributed by atoms with Crippen LogP contribution < -0.4 is 16.1 Å². The molecule has 2 aromatic heterocycles. The maximum absolute atomic E-state index is 13.0. The van der Waals surface area contributed by atoms with E-state index in [1.807, 2.05) is 34.9 Å². The smallest absolute Gasteiger partial charge is 0.310 e. The van der Waals surface area contributed by atoms with Crippen molar-refractivity contribution < 1.29 is 0 Å². The van der Waals surface area contributed by atoms with E-state index in [1.54, 1.807) is 7.05 Å². The van der Waals surface area contributed by atoms with Crippen LogP contribution in [0.3, 0.4) is 0 Å². The Labute approximate surface area is 151 Å². The summed E-state index contributed by atoms with van der Waals surface area (Å²) in [5.41, 5.74) is 1.47. The molecule has 0 bridgehead atoms. The highest BCUT2D eigenvalue weighted by Gasteiger charge is 2.28. The zero-order valence-corrected chi connectivity index (χ0v) is 15.3. The second-order valence-corrected chi connectivity index (χ2v) is 7.20. The molecule has 0 fully saturated rings. The normalized spacial score (nSPS) is 13.8. The van der Waals surface area contributed by atoms with Gasteiger partial charge >= 0.3 is 5.69 Å². The molecule has 1 aliphatic heterocycles. The second-order valence-electron chi connectivity index (χ2n) is 7.20. The first kappa shape index (κ1) is 16.6. The van der Waals surface area contributed by atoms with E-state index in [0.29, 0.717) is 30.2 Å². The van der Waals surface area contributed by atoms with Gasteiger partial charge in [-0.3, -0.25) is 13.9 Å². The SMILES string of the molecule is CC(C)CCn1c(=O)c2c(nc3n2CCN3c2ccccc2)n(C)c1=O. The third-order valence-corrected chi connectivity index (χ3v) is 5.00. The average molecular weight is 353 g/mol. The topological polar surface area (TPSA) is 65.1 Å². The first-order valence-electron chi connectivity index (χ1n) is 9.01. The Morgan fingerprint density at radius 2 is 1.85 bits per heavy atom. The summed E-state index contributed by atoms with van der Waals surface area (Å²) in [5, 5.41) is 0. The molecule has 1 aromatic carbocycles. The minimum absolute atomic E-state index is 0.239. The van der Waals surface area contributed by atoms with Crippen LogP contribution in [-0.4, -0.2) is 25.2 Å². The third kappa shape index (κ3) is 2.46. The Bertz CT molecular complexity index is 1080. The molecule has 0 saturated heterocycles. The van der Waals surface area contributed by atoms with E-state index in [2.05, 4.69) is 23.7 Å². The molecule has 0 amide bonds. The van der Waals surface area contributed by atoms with Crippen LogP contribution in [0, 0.1) is 5.92 Å². The fourth-order valence-electron chi connectivity index (χ4n) is 3.51. The van der Waals surface area contributed by atoms with Gasteiger partial charge in [0.05, 0.1) is 0 Å². The van der Waals surface area contributed by atoms with Crippen LogP contribution in [0.15, 0.2) is 39.9 Å². The predicted molar refractivity (Wildman–Crippen MR) is 102 cm³/mol. The van der Waals surface area contributed by atoms with E-state index in [0.717, 1.165) is 24.6 Å². The molecule has 136 valence electrons. The lowest BCUT2D eigenvalue weighted by Crippen LogP contribution is -2.40. The van der Waals surface area contributed by atoms with Crippen molar-refractivity contribution in [1.29, 1.82) is 0 Å². The molecular weight excluding hydrogens is 330 g/mol. The first-order chi connectivity index (χ1) is 12.5. The van der Waals surface area contributed by atoms with Gasteiger partial charge in [0.15, 0.2) is 11.2 Å². The van der Waals surface area contributed by atoms with Crippen molar-refractivity contribution in [2.24, 2.45) is 13.0 Å². The number of rotatable bonds is 4. The van der Waals surface area contributed by atoms with Crippen LogP contribution in [0.5, 0.6) is 0 Å². The summed E-state index contributed by atoms with van der Waals surface area (Å²) < 4.78 is 4.78. The highest BCUT2D eigenvalue weighted by atomic mass is 16.2. The Hall–Kier alpha value is -2.83. The fourth-order valence-corrected chi connectivity index (χ4v) is 3.51. The molecule has 0 radical (unpaired) electrons. The van der Waals surface area contributed by atoms with Gasteiger partial charge in [-0.1, -0.05) is 32.0 Å². The highest BCUT2D eigenvalue weighted by Crippen LogP contribution is 2.31.